The second-order valence-corrected chi connectivity index (χ2v) is 8.40. The molecule has 4 heterocycles. The molecule has 0 spiro atoms. The Morgan fingerprint density at radius 1 is 1.23 bits per heavy atom. The highest BCUT2D eigenvalue weighted by Gasteiger charge is 2.35. The summed E-state index contributed by atoms with van der Waals surface area (Å²) >= 11 is 0. The summed E-state index contributed by atoms with van der Waals surface area (Å²) in [5.74, 6) is 0.817. The van der Waals surface area contributed by atoms with E-state index in [0.717, 1.165) is 23.5 Å². The first-order chi connectivity index (χ1) is 12.5. The van der Waals surface area contributed by atoms with Crippen molar-refractivity contribution in [2.24, 2.45) is 7.05 Å². The molecule has 4 rings (SSSR count). The molecule has 1 aliphatic rings. The minimum atomic E-state index is -3.58. The van der Waals surface area contributed by atoms with Crippen LogP contribution < -0.4 is 0 Å². The molecule has 1 saturated heterocycles. The van der Waals surface area contributed by atoms with Crippen LogP contribution in [0, 0.1) is 6.92 Å². The zero-order chi connectivity index (χ0) is 18.3. The van der Waals surface area contributed by atoms with E-state index in [4.69, 9.17) is 0 Å². The molecule has 1 fully saturated rings. The van der Waals surface area contributed by atoms with E-state index in [9.17, 15) is 8.42 Å². The molecule has 3 aromatic heterocycles. The van der Waals surface area contributed by atoms with Gasteiger partial charge in [-0.05, 0) is 25.5 Å². The van der Waals surface area contributed by atoms with Gasteiger partial charge < -0.3 is 9.13 Å². The zero-order valence-electron chi connectivity index (χ0n) is 14.6. The van der Waals surface area contributed by atoms with Gasteiger partial charge in [0.05, 0.1) is 12.4 Å². The van der Waals surface area contributed by atoms with Crippen LogP contribution in [0.3, 0.4) is 0 Å². The highest BCUT2D eigenvalue weighted by Crippen LogP contribution is 2.31. The second kappa shape index (κ2) is 6.33. The van der Waals surface area contributed by atoms with E-state index in [2.05, 4.69) is 19.5 Å². The molecule has 1 unspecified atom stereocenters. The highest BCUT2D eigenvalue weighted by molar-refractivity contribution is 7.89. The van der Waals surface area contributed by atoms with Gasteiger partial charge in [-0.2, -0.15) is 4.31 Å². The number of hydrogen-bond donors (Lipinski definition) is 0. The van der Waals surface area contributed by atoms with E-state index in [1.807, 2.05) is 25.3 Å². The van der Waals surface area contributed by atoms with Crippen LogP contribution in [0.15, 0.2) is 48.3 Å². The van der Waals surface area contributed by atoms with Crippen molar-refractivity contribution in [3.63, 3.8) is 0 Å². The summed E-state index contributed by atoms with van der Waals surface area (Å²) in [6.07, 6.45) is 9.08. The zero-order valence-corrected chi connectivity index (χ0v) is 15.5. The van der Waals surface area contributed by atoms with Gasteiger partial charge in [0.15, 0.2) is 5.03 Å². The quantitative estimate of drug-likeness (QED) is 0.695. The lowest BCUT2D eigenvalue weighted by atomic mass is 10.2. The minimum absolute atomic E-state index is 0.0335. The Hall–Kier alpha value is -2.52. The summed E-state index contributed by atoms with van der Waals surface area (Å²) in [4.78, 5) is 12.7. The first kappa shape index (κ1) is 16.9. The van der Waals surface area contributed by atoms with E-state index in [1.165, 1.54) is 16.8 Å². The average Bonchev–Trinajstić information content (AvgIpc) is 3.35. The molecular formula is C17H20N6O2S. The fraction of sp³-hybridized carbons (Fsp3) is 0.353. The van der Waals surface area contributed by atoms with Crippen molar-refractivity contribution >= 4 is 10.0 Å². The highest BCUT2D eigenvalue weighted by atomic mass is 32.2. The molecule has 0 bridgehead atoms. The van der Waals surface area contributed by atoms with Gasteiger partial charge >= 0.3 is 0 Å². The van der Waals surface area contributed by atoms with Crippen molar-refractivity contribution in [3.05, 3.63) is 48.9 Å². The largest absolute Gasteiger partial charge is 0.339 e. The van der Waals surface area contributed by atoms with Gasteiger partial charge in [-0.15, -0.1) is 0 Å². The van der Waals surface area contributed by atoms with E-state index in [0.29, 0.717) is 13.1 Å². The maximum absolute atomic E-state index is 12.8. The Bertz CT molecular complexity index is 1020. The summed E-state index contributed by atoms with van der Waals surface area (Å²) in [6.45, 7) is 2.86. The fourth-order valence-corrected chi connectivity index (χ4v) is 4.87. The number of nitrogens with zero attached hydrogens (tertiary/aromatic N) is 6. The van der Waals surface area contributed by atoms with Crippen molar-refractivity contribution in [1.29, 1.82) is 0 Å². The third-order valence-corrected chi connectivity index (χ3v) is 6.43. The normalized spacial score (nSPS) is 18.5. The SMILES string of the molecule is Cc1cnc(-c2cccnc2)n1C1CCN(S(=O)(=O)c2cn(C)cn2)C1. The van der Waals surface area contributed by atoms with Gasteiger partial charge in [0.2, 0.25) is 0 Å². The van der Waals surface area contributed by atoms with Crippen LogP contribution >= 0.6 is 0 Å². The number of imidazole rings is 2. The third kappa shape index (κ3) is 2.82. The van der Waals surface area contributed by atoms with E-state index in [-0.39, 0.29) is 11.1 Å². The maximum atomic E-state index is 12.8. The van der Waals surface area contributed by atoms with Crippen LogP contribution in [0.4, 0.5) is 0 Å². The minimum Gasteiger partial charge on any atom is -0.339 e. The molecule has 0 N–H and O–H groups in total. The van der Waals surface area contributed by atoms with Gasteiger partial charge in [0.1, 0.15) is 5.82 Å². The molecular weight excluding hydrogens is 352 g/mol. The van der Waals surface area contributed by atoms with Crippen molar-refractivity contribution in [2.75, 3.05) is 13.1 Å². The first-order valence-corrected chi connectivity index (χ1v) is 9.83. The van der Waals surface area contributed by atoms with Crippen molar-refractivity contribution in [1.82, 2.24) is 28.4 Å². The number of rotatable bonds is 4. The summed E-state index contributed by atoms with van der Waals surface area (Å²) in [5.41, 5.74) is 1.93. The number of pyridine rings is 1. The Kier molecular flexibility index (Phi) is 4.12. The summed E-state index contributed by atoms with van der Waals surface area (Å²) < 4.78 is 30.9. The predicted molar refractivity (Wildman–Crippen MR) is 95.8 cm³/mol. The number of aryl methyl sites for hydroxylation is 2. The van der Waals surface area contributed by atoms with Gasteiger partial charge in [-0.1, -0.05) is 0 Å². The fourth-order valence-electron chi connectivity index (χ4n) is 3.41. The van der Waals surface area contributed by atoms with E-state index < -0.39 is 10.0 Å². The van der Waals surface area contributed by atoms with E-state index in [1.54, 1.807) is 24.0 Å². The van der Waals surface area contributed by atoms with Crippen LogP contribution in [0.1, 0.15) is 18.2 Å². The Labute approximate surface area is 152 Å². The summed E-state index contributed by atoms with van der Waals surface area (Å²) in [7, 11) is -1.82. The van der Waals surface area contributed by atoms with Gasteiger partial charge in [-0.3, -0.25) is 4.98 Å². The van der Waals surface area contributed by atoms with Crippen LogP contribution in [-0.2, 0) is 17.1 Å². The molecule has 0 aromatic carbocycles. The number of hydrogen-bond acceptors (Lipinski definition) is 5. The Morgan fingerprint density at radius 2 is 2.08 bits per heavy atom. The lowest BCUT2D eigenvalue weighted by molar-refractivity contribution is 0.449. The first-order valence-electron chi connectivity index (χ1n) is 8.39. The standard InChI is InChI=1S/C17H20N6O2S/c1-13-8-19-17(14-4-3-6-18-9-14)23(13)15-5-7-22(10-15)26(24,25)16-11-21(2)12-20-16/h3-4,6,8-9,11-12,15H,5,7,10H2,1-2H3. The predicted octanol–water partition coefficient (Wildman–Crippen LogP) is 1.62. The molecule has 1 atom stereocenters. The van der Waals surface area contributed by atoms with Crippen LogP contribution in [0.25, 0.3) is 11.4 Å². The lowest BCUT2D eigenvalue weighted by Gasteiger charge is -2.19. The van der Waals surface area contributed by atoms with Crippen molar-refractivity contribution in [2.45, 2.75) is 24.4 Å². The number of sulfonamides is 1. The van der Waals surface area contributed by atoms with Gasteiger partial charge in [0.25, 0.3) is 10.0 Å². The number of aromatic nitrogens is 5. The Balaban J connectivity index is 1.63. The molecule has 0 aliphatic carbocycles. The van der Waals surface area contributed by atoms with Crippen LogP contribution in [-0.4, -0.2) is 49.9 Å². The summed E-state index contributed by atoms with van der Waals surface area (Å²) in [5, 5.41) is 0.0930. The molecule has 26 heavy (non-hydrogen) atoms. The smallest absolute Gasteiger partial charge is 0.262 e. The van der Waals surface area contributed by atoms with Crippen LogP contribution in [0.2, 0.25) is 0 Å². The van der Waals surface area contributed by atoms with E-state index >= 15 is 0 Å². The molecule has 1 aliphatic heterocycles. The molecule has 0 radical (unpaired) electrons. The average molecular weight is 372 g/mol. The molecule has 8 nitrogen and oxygen atoms in total. The van der Waals surface area contributed by atoms with Gasteiger partial charge in [-0.25, -0.2) is 18.4 Å². The monoisotopic (exact) mass is 372 g/mol. The molecule has 0 amide bonds. The van der Waals surface area contributed by atoms with Crippen LogP contribution in [0.5, 0.6) is 0 Å². The topological polar surface area (TPSA) is 85.9 Å². The molecule has 0 saturated carbocycles. The summed E-state index contributed by atoms with van der Waals surface area (Å²) in [6, 6.07) is 3.87. The molecule has 136 valence electrons. The molecule has 9 heteroatoms. The second-order valence-electron chi connectivity index (χ2n) is 6.52. The van der Waals surface area contributed by atoms with Crippen molar-refractivity contribution < 1.29 is 8.42 Å². The van der Waals surface area contributed by atoms with Gasteiger partial charge in [0, 0.05) is 56.2 Å². The third-order valence-electron chi connectivity index (χ3n) is 4.68. The maximum Gasteiger partial charge on any atom is 0.262 e. The Morgan fingerprint density at radius 3 is 2.77 bits per heavy atom. The van der Waals surface area contributed by atoms with Crippen molar-refractivity contribution in [3.8, 4) is 11.4 Å². The molecule has 3 aromatic rings. The lowest BCUT2D eigenvalue weighted by Crippen LogP contribution is -2.29.